The highest BCUT2D eigenvalue weighted by Crippen LogP contribution is 2.18. The van der Waals surface area contributed by atoms with E-state index in [9.17, 15) is 4.39 Å². The normalized spacial score (nSPS) is 11.8. The lowest BCUT2D eigenvalue weighted by Gasteiger charge is -2.13. The molecule has 0 bridgehead atoms. The number of anilines is 1. The summed E-state index contributed by atoms with van der Waals surface area (Å²) in [6.45, 7) is 5.50. The van der Waals surface area contributed by atoms with Crippen LogP contribution >= 0.6 is 0 Å². The van der Waals surface area contributed by atoms with Crippen LogP contribution in [0.5, 0.6) is 0 Å². The SMILES string of the molecule is CC(C)CCNC(N)=NCc1ccc(N(C)C)c(F)c1. The minimum Gasteiger partial charge on any atom is -0.375 e. The van der Waals surface area contributed by atoms with E-state index in [2.05, 4.69) is 24.2 Å². The summed E-state index contributed by atoms with van der Waals surface area (Å²) < 4.78 is 13.8. The van der Waals surface area contributed by atoms with Crippen molar-refractivity contribution in [3.8, 4) is 0 Å². The van der Waals surface area contributed by atoms with Crippen LogP contribution in [-0.4, -0.2) is 26.6 Å². The van der Waals surface area contributed by atoms with E-state index in [1.807, 2.05) is 20.2 Å². The lowest BCUT2D eigenvalue weighted by atomic mass is 10.1. The summed E-state index contributed by atoms with van der Waals surface area (Å²) >= 11 is 0. The van der Waals surface area contributed by atoms with Gasteiger partial charge in [-0.05, 0) is 30.0 Å². The molecule has 0 aliphatic rings. The Bertz CT molecular complexity index is 455. The van der Waals surface area contributed by atoms with Gasteiger partial charge in [-0.15, -0.1) is 0 Å². The summed E-state index contributed by atoms with van der Waals surface area (Å²) in [5, 5.41) is 3.05. The molecule has 1 rings (SSSR count). The molecule has 112 valence electrons. The van der Waals surface area contributed by atoms with Crippen LogP contribution in [0.15, 0.2) is 23.2 Å². The molecule has 0 saturated heterocycles. The van der Waals surface area contributed by atoms with E-state index < -0.39 is 0 Å². The average Bonchev–Trinajstić information content (AvgIpc) is 2.35. The molecule has 0 atom stereocenters. The summed E-state index contributed by atoms with van der Waals surface area (Å²) in [5.74, 6) is 0.791. The van der Waals surface area contributed by atoms with Gasteiger partial charge in [-0.3, -0.25) is 0 Å². The summed E-state index contributed by atoms with van der Waals surface area (Å²) in [6.07, 6.45) is 1.04. The third kappa shape index (κ3) is 5.47. The van der Waals surface area contributed by atoms with Gasteiger partial charge in [0.15, 0.2) is 5.96 Å². The van der Waals surface area contributed by atoms with Crippen molar-refractivity contribution in [1.29, 1.82) is 0 Å². The Morgan fingerprint density at radius 1 is 1.40 bits per heavy atom. The van der Waals surface area contributed by atoms with Gasteiger partial charge in [0.05, 0.1) is 12.2 Å². The van der Waals surface area contributed by atoms with Crippen LogP contribution in [0.2, 0.25) is 0 Å². The van der Waals surface area contributed by atoms with E-state index in [1.165, 1.54) is 6.07 Å². The Hall–Kier alpha value is -1.78. The van der Waals surface area contributed by atoms with Gasteiger partial charge in [0.2, 0.25) is 0 Å². The highest BCUT2D eigenvalue weighted by Gasteiger charge is 2.05. The van der Waals surface area contributed by atoms with Crippen molar-refractivity contribution in [3.63, 3.8) is 0 Å². The number of guanidine groups is 1. The molecule has 4 nitrogen and oxygen atoms in total. The van der Waals surface area contributed by atoms with Crippen LogP contribution in [0.3, 0.4) is 0 Å². The molecule has 0 aliphatic heterocycles. The summed E-state index contributed by atoms with van der Waals surface area (Å²) in [6, 6.07) is 5.12. The number of benzene rings is 1. The largest absolute Gasteiger partial charge is 0.375 e. The maximum Gasteiger partial charge on any atom is 0.188 e. The number of hydrogen-bond acceptors (Lipinski definition) is 2. The first-order valence-corrected chi connectivity index (χ1v) is 6.89. The molecule has 5 heteroatoms. The summed E-state index contributed by atoms with van der Waals surface area (Å²) in [4.78, 5) is 5.95. The second-order valence-corrected chi connectivity index (χ2v) is 5.49. The zero-order valence-electron chi connectivity index (χ0n) is 12.8. The quantitative estimate of drug-likeness (QED) is 0.621. The number of nitrogens with two attached hydrogens (primary N) is 1. The zero-order valence-corrected chi connectivity index (χ0v) is 12.8. The molecule has 0 aliphatic carbocycles. The van der Waals surface area contributed by atoms with E-state index >= 15 is 0 Å². The monoisotopic (exact) mass is 280 g/mol. The number of hydrogen-bond donors (Lipinski definition) is 2. The fourth-order valence-corrected chi connectivity index (χ4v) is 1.73. The predicted molar refractivity (Wildman–Crippen MR) is 83.5 cm³/mol. The molecule has 0 radical (unpaired) electrons. The van der Waals surface area contributed by atoms with Crippen molar-refractivity contribution in [2.75, 3.05) is 25.5 Å². The van der Waals surface area contributed by atoms with Gasteiger partial charge >= 0.3 is 0 Å². The number of nitrogens with one attached hydrogen (secondary N) is 1. The minimum atomic E-state index is -0.242. The van der Waals surface area contributed by atoms with E-state index in [0.29, 0.717) is 24.1 Å². The molecule has 0 amide bonds. The molecule has 0 unspecified atom stereocenters. The molecule has 0 saturated carbocycles. The van der Waals surface area contributed by atoms with Crippen LogP contribution in [-0.2, 0) is 6.54 Å². The van der Waals surface area contributed by atoms with E-state index in [0.717, 1.165) is 18.5 Å². The molecule has 0 spiro atoms. The number of nitrogens with zero attached hydrogens (tertiary/aromatic N) is 2. The summed E-state index contributed by atoms with van der Waals surface area (Å²) in [5.41, 5.74) is 7.14. The van der Waals surface area contributed by atoms with Crippen molar-refractivity contribution >= 4 is 11.6 Å². The van der Waals surface area contributed by atoms with Gasteiger partial charge in [-0.2, -0.15) is 0 Å². The number of halogens is 1. The fraction of sp³-hybridized carbons (Fsp3) is 0.533. The van der Waals surface area contributed by atoms with Gasteiger partial charge < -0.3 is 16.0 Å². The Morgan fingerprint density at radius 2 is 2.10 bits per heavy atom. The molecule has 1 aromatic carbocycles. The minimum absolute atomic E-state index is 0.242. The standard InChI is InChI=1S/C15H25FN4/c1-11(2)7-8-18-15(17)19-10-12-5-6-14(20(3)4)13(16)9-12/h5-6,9,11H,7-8,10H2,1-4H3,(H3,17,18,19). The van der Waals surface area contributed by atoms with E-state index in [-0.39, 0.29) is 5.82 Å². The average molecular weight is 280 g/mol. The number of aliphatic imine (C=N–C) groups is 1. The Balaban J connectivity index is 2.54. The van der Waals surface area contributed by atoms with Crippen LogP contribution in [0.25, 0.3) is 0 Å². The third-order valence-electron chi connectivity index (χ3n) is 2.95. The molecular weight excluding hydrogens is 255 g/mol. The van der Waals surface area contributed by atoms with Gasteiger partial charge in [-0.25, -0.2) is 9.38 Å². The second kappa shape index (κ2) is 7.72. The molecular formula is C15H25FN4. The second-order valence-electron chi connectivity index (χ2n) is 5.49. The summed E-state index contributed by atoms with van der Waals surface area (Å²) in [7, 11) is 3.62. The Morgan fingerprint density at radius 3 is 2.65 bits per heavy atom. The van der Waals surface area contributed by atoms with Crippen molar-refractivity contribution in [3.05, 3.63) is 29.6 Å². The first kappa shape index (κ1) is 16.3. The first-order chi connectivity index (χ1) is 9.40. The molecule has 0 heterocycles. The van der Waals surface area contributed by atoms with Crippen molar-refractivity contribution in [2.45, 2.75) is 26.8 Å². The van der Waals surface area contributed by atoms with Crippen molar-refractivity contribution < 1.29 is 4.39 Å². The highest BCUT2D eigenvalue weighted by atomic mass is 19.1. The maximum atomic E-state index is 13.8. The van der Waals surface area contributed by atoms with Crippen molar-refractivity contribution in [1.82, 2.24) is 5.32 Å². The predicted octanol–water partition coefficient (Wildman–Crippen LogP) is 2.34. The van der Waals surface area contributed by atoms with Crippen LogP contribution in [0, 0.1) is 11.7 Å². The van der Waals surface area contributed by atoms with Gasteiger partial charge in [0.25, 0.3) is 0 Å². The van der Waals surface area contributed by atoms with Gasteiger partial charge in [-0.1, -0.05) is 19.9 Å². The highest BCUT2D eigenvalue weighted by molar-refractivity contribution is 5.77. The Kier molecular flexibility index (Phi) is 6.28. The van der Waals surface area contributed by atoms with E-state index in [1.54, 1.807) is 11.0 Å². The van der Waals surface area contributed by atoms with Gasteiger partial charge in [0.1, 0.15) is 5.82 Å². The van der Waals surface area contributed by atoms with Crippen LogP contribution in [0.4, 0.5) is 10.1 Å². The third-order valence-corrected chi connectivity index (χ3v) is 2.95. The van der Waals surface area contributed by atoms with E-state index in [4.69, 9.17) is 5.73 Å². The lowest BCUT2D eigenvalue weighted by Crippen LogP contribution is -2.32. The lowest BCUT2D eigenvalue weighted by molar-refractivity contribution is 0.576. The molecule has 20 heavy (non-hydrogen) atoms. The Labute approximate surface area is 120 Å². The number of rotatable bonds is 6. The van der Waals surface area contributed by atoms with Crippen LogP contribution < -0.4 is 16.0 Å². The maximum absolute atomic E-state index is 13.8. The fourth-order valence-electron chi connectivity index (χ4n) is 1.73. The molecule has 3 N–H and O–H groups in total. The smallest absolute Gasteiger partial charge is 0.188 e. The first-order valence-electron chi connectivity index (χ1n) is 6.89. The van der Waals surface area contributed by atoms with Gasteiger partial charge in [0, 0.05) is 20.6 Å². The van der Waals surface area contributed by atoms with Crippen LogP contribution in [0.1, 0.15) is 25.8 Å². The molecule has 0 aromatic heterocycles. The topological polar surface area (TPSA) is 53.6 Å². The molecule has 1 aromatic rings. The molecule has 0 fully saturated rings. The zero-order chi connectivity index (χ0) is 15.1. The van der Waals surface area contributed by atoms with Crippen molar-refractivity contribution in [2.24, 2.45) is 16.6 Å².